The molecule has 0 saturated carbocycles. The Kier molecular flexibility index (Phi) is 6.02. The van der Waals surface area contributed by atoms with Crippen LogP contribution >= 0.6 is 0 Å². The number of carboxylic acid groups (broad SMARTS) is 1. The average molecular weight is 264 g/mol. The third kappa shape index (κ3) is 5.52. The van der Waals surface area contributed by atoms with Gasteiger partial charge in [-0.3, -0.25) is 4.79 Å². The molecular formula is C14H20N2O3. The van der Waals surface area contributed by atoms with E-state index in [1.807, 2.05) is 6.92 Å². The number of hydrogen-bond donors (Lipinski definition) is 3. The summed E-state index contributed by atoms with van der Waals surface area (Å²) in [5.74, 6) is -1.33. The van der Waals surface area contributed by atoms with Crippen LogP contribution in [0.3, 0.4) is 0 Å². The maximum atomic E-state index is 11.7. The molecule has 0 fully saturated rings. The second-order valence-corrected chi connectivity index (χ2v) is 4.62. The number of amides is 1. The van der Waals surface area contributed by atoms with Gasteiger partial charge in [0.15, 0.2) is 6.04 Å². The van der Waals surface area contributed by atoms with Crippen molar-refractivity contribution in [3.63, 3.8) is 0 Å². The minimum absolute atomic E-state index is 0.0530. The summed E-state index contributed by atoms with van der Waals surface area (Å²) in [6.45, 7) is 1.88. The van der Waals surface area contributed by atoms with Crippen LogP contribution in [-0.2, 0) is 9.59 Å². The molecule has 0 spiro atoms. The number of carbonyl (C=O) groups is 2. The van der Waals surface area contributed by atoms with Crippen LogP contribution in [0.4, 0.5) is 0 Å². The van der Waals surface area contributed by atoms with Gasteiger partial charge in [-0.25, -0.2) is 4.79 Å². The van der Waals surface area contributed by atoms with Gasteiger partial charge in [-0.2, -0.15) is 0 Å². The molecule has 1 unspecified atom stereocenters. The Balaban J connectivity index is 2.55. The predicted octanol–water partition coefficient (Wildman–Crippen LogP) is 1.45. The largest absolute Gasteiger partial charge is 0.479 e. The molecule has 0 bridgehead atoms. The zero-order valence-electron chi connectivity index (χ0n) is 11.0. The lowest BCUT2D eigenvalue weighted by Crippen LogP contribution is -2.33. The van der Waals surface area contributed by atoms with E-state index in [0.29, 0.717) is 12.0 Å². The normalized spacial score (nSPS) is 13.6. The van der Waals surface area contributed by atoms with Crippen LogP contribution in [0.15, 0.2) is 30.3 Å². The molecule has 19 heavy (non-hydrogen) atoms. The highest BCUT2D eigenvalue weighted by Gasteiger charge is 2.21. The Morgan fingerprint density at radius 3 is 2.47 bits per heavy atom. The van der Waals surface area contributed by atoms with Crippen molar-refractivity contribution >= 4 is 11.9 Å². The van der Waals surface area contributed by atoms with Crippen LogP contribution in [0.1, 0.15) is 37.8 Å². The zero-order chi connectivity index (χ0) is 14.3. The lowest BCUT2D eigenvalue weighted by Gasteiger charge is -2.15. The summed E-state index contributed by atoms with van der Waals surface area (Å²) in [5.41, 5.74) is 6.16. The van der Waals surface area contributed by atoms with Crippen molar-refractivity contribution in [2.75, 3.05) is 0 Å². The number of nitrogens with two attached hydrogens (primary N) is 1. The molecule has 1 aromatic carbocycles. The molecule has 0 radical (unpaired) electrons. The Hall–Kier alpha value is -1.88. The van der Waals surface area contributed by atoms with Crippen LogP contribution in [0.2, 0.25) is 0 Å². The Bertz CT molecular complexity index is 418. The third-order valence-corrected chi connectivity index (χ3v) is 2.75. The van der Waals surface area contributed by atoms with E-state index in [-0.39, 0.29) is 18.4 Å². The van der Waals surface area contributed by atoms with Gasteiger partial charge in [0.25, 0.3) is 0 Å². The molecule has 104 valence electrons. The summed E-state index contributed by atoms with van der Waals surface area (Å²) >= 11 is 0. The monoisotopic (exact) mass is 264 g/mol. The van der Waals surface area contributed by atoms with Gasteiger partial charge in [-0.15, -0.1) is 0 Å². The molecule has 2 atom stereocenters. The average Bonchev–Trinajstić information content (AvgIpc) is 2.36. The summed E-state index contributed by atoms with van der Waals surface area (Å²) in [6, 6.07) is 7.71. The molecule has 4 N–H and O–H groups in total. The van der Waals surface area contributed by atoms with Gasteiger partial charge < -0.3 is 16.2 Å². The quantitative estimate of drug-likeness (QED) is 0.695. The standard InChI is InChI=1S/C14H20N2O3/c1-10(15)6-5-9-12(17)16-13(14(18)19)11-7-3-2-4-8-11/h2-4,7-8,10,13H,5-6,9,15H2,1H3,(H,16,17)(H,18,19)/t10?,13-/m0/s1. The number of hydrogen-bond acceptors (Lipinski definition) is 3. The molecule has 0 aliphatic carbocycles. The van der Waals surface area contributed by atoms with Crippen LogP contribution in [0.5, 0.6) is 0 Å². The minimum atomic E-state index is -1.06. The highest BCUT2D eigenvalue weighted by molar-refractivity contribution is 5.84. The van der Waals surface area contributed by atoms with Crippen molar-refractivity contribution in [2.45, 2.75) is 38.3 Å². The molecule has 0 aromatic heterocycles. The summed E-state index contributed by atoms with van der Waals surface area (Å²) in [6.07, 6.45) is 1.69. The minimum Gasteiger partial charge on any atom is -0.479 e. The fourth-order valence-electron chi connectivity index (χ4n) is 1.75. The second-order valence-electron chi connectivity index (χ2n) is 4.62. The second kappa shape index (κ2) is 7.53. The van der Waals surface area contributed by atoms with Gasteiger partial charge in [-0.1, -0.05) is 30.3 Å². The lowest BCUT2D eigenvalue weighted by molar-refractivity contribution is -0.142. The van der Waals surface area contributed by atoms with Crippen molar-refractivity contribution in [1.82, 2.24) is 5.32 Å². The highest BCUT2D eigenvalue weighted by atomic mass is 16.4. The summed E-state index contributed by atoms with van der Waals surface area (Å²) < 4.78 is 0. The summed E-state index contributed by atoms with van der Waals surface area (Å²) in [7, 11) is 0. The fourth-order valence-corrected chi connectivity index (χ4v) is 1.75. The maximum absolute atomic E-state index is 11.7. The van der Waals surface area contributed by atoms with Crippen molar-refractivity contribution in [3.8, 4) is 0 Å². The molecule has 0 aliphatic rings. The number of carbonyl (C=O) groups excluding carboxylic acids is 1. The first-order valence-electron chi connectivity index (χ1n) is 6.33. The van der Waals surface area contributed by atoms with E-state index in [4.69, 9.17) is 10.8 Å². The van der Waals surface area contributed by atoms with Crippen molar-refractivity contribution < 1.29 is 14.7 Å². The summed E-state index contributed by atoms with van der Waals surface area (Å²) in [5, 5.41) is 11.7. The van der Waals surface area contributed by atoms with Gasteiger partial charge in [-0.05, 0) is 25.3 Å². The van der Waals surface area contributed by atoms with E-state index in [0.717, 1.165) is 6.42 Å². The predicted molar refractivity (Wildman–Crippen MR) is 72.5 cm³/mol. The SMILES string of the molecule is CC(N)CCCC(=O)N[C@H](C(=O)O)c1ccccc1. The number of benzene rings is 1. The Labute approximate surface area is 112 Å². The number of aliphatic carboxylic acids is 1. The fraction of sp³-hybridized carbons (Fsp3) is 0.429. The van der Waals surface area contributed by atoms with E-state index in [2.05, 4.69) is 5.32 Å². The topological polar surface area (TPSA) is 92.4 Å². The molecule has 5 nitrogen and oxygen atoms in total. The molecule has 1 aromatic rings. The van der Waals surface area contributed by atoms with Gasteiger partial charge in [0.2, 0.25) is 5.91 Å². The third-order valence-electron chi connectivity index (χ3n) is 2.75. The van der Waals surface area contributed by atoms with Crippen LogP contribution in [-0.4, -0.2) is 23.0 Å². The van der Waals surface area contributed by atoms with Crippen molar-refractivity contribution in [1.29, 1.82) is 0 Å². The maximum Gasteiger partial charge on any atom is 0.330 e. The van der Waals surface area contributed by atoms with E-state index in [9.17, 15) is 9.59 Å². The number of nitrogens with one attached hydrogen (secondary N) is 1. The van der Waals surface area contributed by atoms with E-state index < -0.39 is 12.0 Å². The van der Waals surface area contributed by atoms with Gasteiger partial charge in [0.1, 0.15) is 0 Å². The first kappa shape index (κ1) is 15.2. The molecule has 1 amide bonds. The highest BCUT2D eigenvalue weighted by Crippen LogP contribution is 2.13. The molecule has 0 aliphatic heterocycles. The van der Waals surface area contributed by atoms with Crippen molar-refractivity contribution in [2.24, 2.45) is 5.73 Å². The van der Waals surface area contributed by atoms with E-state index in [1.165, 1.54) is 0 Å². The Morgan fingerprint density at radius 1 is 1.32 bits per heavy atom. The Morgan fingerprint density at radius 2 is 1.95 bits per heavy atom. The molecule has 0 saturated heterocycles. The molecule has 1 rings (SSSR count). The van der Waals surface area contributed by atoms with E-state index in [1.54, 1.807) is 30.3 Å². The lowest BCUT2D eigenvalue weighted by atomic mass is 10.1. The van der Waals surface area contributed by atoms with Crippen molar-refractivity contribution in [3.05, 3.63) is 35.9 Å². The van der Waals surface area contributed by atoms with Gasteiger partial charge >= 0.3 is 5.97 Å². The zero-order valence-corrected chi connectivity index (χ0v) is 11.0. The van der Waals surface area contributed by atoms with Gasteiger partial charge in [0.05, 0.1) is 0 Å². The van der Waals surface area contributed by atoms with Crippen LogP contribution in [0, 0.1) is 0 Å². The summed E-state index contributed by atoms with van der Waals surface area (Å²) in [4.78, 5) is 22.9. The van der Waals surface area contributed by atoms with Gasteiger partial charge in [0, 0.05) is 12.5 Å². The van der Waals surface area contributed by atoms with E-state index >= 15 is 0 Å². The van der Waals surface area contributed by atoms with Crippen LogP contribution in [0.25, 0.3) is 0 Å². The molecule has 0 heterocycles. The first-order valence-corrected chi connectivity index (χ1v) is 6.33. The van der Waals surface area contributed by atoms with Crippen LogP contribution < -0.4 is 11.1 Å². The first-order chi connectivity index (χ1) is 9.00. The molecule has 5 heteroatoms. The number of carboxylic acids is 1. The number of rotatable bonds is 7. The smallest absolute Gasteiger partial charge is 0.330 e. The molecular weight excluding hydrogens is 244 g/mol.